The monoisotopic (exact) mass is 1010 g/mol. The van der Waals surface area contributed by atoms with Crippen LogP contribution < -0.4 is 9.80 Å². The maximum absolute atomic E-state index is 4.00. The van der Waals surface area contributed by atoms with Crippen LogP contribution in [-0.4, -0.2) is 0 Å². The van der Waals surface area contributed by atoms with Gasteiger partial charge in [-0.1, -0.05) is 196 Å². The Kier molecular flexibility index (Phi) is 15.0. The number of thioether (sulfide) groups is 1. The van der Waals surface area contributed by atoms with Gasteiger partial charge in [-0.15, -0.1) is 12.8 Å². The average molecular weight is 1010 g/mol. The molecule has 0 N–H and O–H groups in total. The minimum Gasteiger partial charge on any atom is -0.316 e. The number of terminal acetylenes is 1. The van der Waals surface area contributed by atoms with Crippen LogP contribution >= 0.6 is 23.5 Å². The number of anilines is 4. The molecule has 8 aromatic rings. The van der Waals surface area contributed by atoms with Gasteiger partial charge in [0.25, 0.3) is 0 Å². The Morgan fingerprint density at radius 2 is 1.23 bits per heavy atom. The van der Waals surface area contributed by atoms with E-state index in [1.165, 1.54) is 120 Å². The molecule has 2 nitrogen and oxygen atoms in total. The third-order valence-corrected chi connectivity index (χ3v) is 17.0. The summed E-state index contributed by atoms with van der Waals surface area (Å²) in [7, 11) is 0. The van der Waals surface area contributed by atoms with Crippen LogP contribution in [0.1, 0.15) is 81.7 Å². The van der Waals surface area contributed by atoms with Gasteiger partial charge < -0.3 is 9.80 Å². The molecule has 2 aliphatic heterocycles. The molecular formula is C71H62N2S2. The molecule has 0 amide bonds. The lowest BCUT2D eigenvalue weighted by atomic mass is 9.65. The van der Waals surface area contributed by atoms with Crippen LogP contribution in [0.4, 0.5) is 22.7 Å². The predicted molar refractivity (Wildman–Crippen MR) is 328 cm³/mol. The Morgan fingerprint density at radius 3 is 1.92 bits per heavy atom. The number of allylic oxidation sites excluding steroid dienone is 12. The SMILES string of the molecule is C#C.C=C/C=C\C1=C(C)N(/C(C)=C/C2=C(C)c3ccc(/C=C/c4ccc5c(ccc6cc(N7c8ccccc8Sc8ccccc87)ccc65)c4)cc3C2(C2=CCCCC=C2)c2ccccc2)c2ccccc2S1.CC. The molecule has 1 unspecified atom stereocenters. The highest BCUT2D eigenvalue weighted by molar-refractivity contribution is 8.03. The Labute approximate surface area is 453 Å². The first-order valence-corrected chi connectivity index (χ1v) is 27.7. The minimum absolute atomic E-state index is 0.524. The van der Waals surface area contributed by atoms with Gasteiger partial charge in [-0.2, -0.15) is 0 Å². The lowest BCUT2D eigenvalue weighted by Gasteiger charge is -2.38. The molecule has 0 spiro atoms. The topological polar surface area (TPSA) is 6.48 Å². The molecule has 12 rings (SSSR count). The number of hydrogen-bond acceptors (Lipinski definition) is 4. The summed E-state index contributed by atoms with van der Waals surface area (Å²) in [4.78, 5) is 9.87. The van der Waals surface area contributed by atoms with Gasteiger partial charge in [0.1, 0.15) is 0 Å². The van der Waals surface area contributed by atoms with Crippen LogP contribution in [0, 0.1) is 12.8 Å². The van der Waals surface area contributed by atoms with Crippen molar-refractivity contribution in [3.8, 4) is 12.8 Å². The number of hydrogen-bond donors (Lipinski definition) is 0. The zero-order chi connectivity index (χ0) is 52.1. The van der Waals surface area contributed by atoms with Crippen molar-refractivity contribution in [1.29, 1.82) is 0 Å². The molecule has 0 saturated carbocycles. The van der Waals surface area contributed by atoms with E-state index in [9.17, 15) is 0 Å². The van der Waals surface area contributed by atoms with Crippen LogP contribution in [0.3, 0.4) is 0 Å². The van der Waals surface area contributed by atoms with E-state index < -0.39 is 5.41 Å². The van der Waals surface area contributed by atoms with Crippen LogP contribution in [0.2, 0.25) is 0 Å². The fourth-order valence-electron chi connectivity index (χ4n) is 11.4. The number of para-hydroxylation sites is 3. The lowest BCUT2D eigenvalue weighted by Crippen LogP contribution is -2.31. The summed E-state index contributed by atoms with van der Waals surface area (Å²) in [5.74, 6) is 0. The fraction of sp³-hybridized carbons (Fsp3) is 0.127. The molecule has 2 aliphatic carbocycles. The van der Waals surface area contributed by atoms with Crippen molar-refractivity contribution in [1.82, 2.24) is 0 Å². The standard InChI is InChI=1S/C67H54N2S2.C2H6.C2H2/c1-5-6-27-63-47(4)68(60-24-14-17-28-64(60)70-63)45(2)41-58-46(3)55-38-33-49(43-59(55)67(58,53-22-12-9-13-23-53)52-20-10-7-8-11-21-52)32-31-48-34-39-56-50(42-48)35-36-51-44-54(37-40-57(51)56)69-61-25-15-18-29-65(61)71-66-30-19-16-26-62(66)69;2*1-2/h5-6,9-10,12-44H,1,7-8,11H2,2-4H3;1-2H3;1-2H/b27-6-,32-31+,45-41+;;. The van der Waals surface area contributed by atoms with Gasteiger partial charge in [-0.3, -0.25) is 0 Å². The molecule has 4 heteroatoms. The van der Waals surface area contributed by atoms with Gasteiger partial charge in [0, 0.05) is 36.7 Å². The van der Waals surface area contributed by atoms with E-state index in [0.717, 1.165) is 19.3 Å². The van der Waals surface area contributed by atoms with Crippen molar-refractivity contribution >= 4 is 85.5 Å². The molecule has 0 radical (unpaired) electrons. The van der Waals surface area contributed by atoms with E-state index in [1.807, 2.05) is 49.5 Å². The molecule has 0 bridgehead atoms. The number of nitrogens with zero attached hydrogens (tertiary/aromatic N) is 2. The van der Waals surface area contributed by atoms with Gasteiger partial charge >= 0.3 is 0 Å². The van der Waals surface area contributed by atoms with Crippen LogP contribution in [0.15, 0.2) is 261 Å². The van der Waals surface area contributed by atoms with Gasteiger partial charge in [0.2, 0.25) is 0 Å². The van der Waals surface area contributed by atoms with E-state index in [-0.39, 0.29) is 0 Å². The molecule has 0 aromatic heterocycles. The molecule has 2 heterocycles. The Balaban J connectivity index is 0.00000157. The highest BCUT2D eigenvalue weighted by atomic mass is 32.2. The van der Waals surface area contributed by atoms with Crippen LogP contribution in [-0.2, 0) is 5.41 Å². The normalized spacial score (nSPS) is 16.9. The summed E-state index contributed by atoms with van der Waals surface area (Å²) < 4.78 is 0. The molecule has 0 saturated heterocycles. The van der Waals surface area contributed by atoms with E-state index in [4.69, 9.17) is 0 Å². The third-order valence-electron chi connectivity index (χ3n) is 14.6. The Hall–Kier alpha value is -7.94. The summed E-state index contributed by atoms with van der Waals surface area (Å²) >= 11 is 3.67. The van der Waals surface area contributed by atoms with Crippen molar-refractivity contribution in [3.05, 3.63) is 274 Å². The number of benzene rings is 8. The second-order valence-corrected chi connectivity index (χ2v) is 21.0. The molecule has 75 heavy (non-hydrogen) atoms. The predicted octanol–water partition coefficient (Wildman–Crippen LogP) is 20.6. The average Bonchev–Trinajstić information content (AvgIpc) is 3.60. The van der Waals surface area contributed by atoms with Crippen molar-refractivity contribution < 1.29 is 0 Å². The second kappa shape index (κ2) is 22.3. The maximum atomic E-state index is 4.00. The van der Waals surface area contributed by atoms with E-state index in [1.54, 1.807) is 0 Å². The van der Waals surface area contributed by atoms with Crippen molar-refractivity contribution in [2.24, 2.45) is 0 Å². The fourth-order valence-corrected chi connectivity index (χ4v) is 13.5. The maximum Gasteiger partial charge on any atom is 0.0707 e. The van der Waals surface area contributed by atoms with Crippen molar-refractivity contribution in [2.75, 3.05) is 9.80 Å². The molecule has 0 fully saturated rings. The first-order chi connectivity index (χ1) is 36.9. The van der Waals surface area contributed by atoms with Crippen LogP contribution in [0.25, 0.3) is 39.3 Å². The highest BCUT2D eigenvalue weighted by Gasteiger charge is 2.47. The zero-order valence-electron chi connectivity index (χ0n) is 43.6. The first-order valence-electron chi connectivity index (χ1n) is 26.1. The minimum atomic E-state index is -0.524. The van der Waals surface area contributed by atoms with E-state index >= 15 is 0 Å². The summed E-state index contributed by atoms with van der Waals surface area (Å²) in [6, 6.07) is 63.0. The van der Waals surface area contributed by atoms with Gasteiger partial charge in [0.15, 0.2) is 0 Å². The third kappa shape index (κ3) is 9.26. The summed E-state index contributed by atoms with van der Waals surface area (Å²) in [5.41, 5.74) is 16.9. The summed E-state index contributed by atoms with van der Waals surface area (Å²) in [6.07, 6.45) is 31.8. The number of fused-ring (bicyclic) bond motifs is 7. The molecule has 4 aliphatic rings. The van der Waals surface area contributed by atoms with Gasteiger partial charge in [0.05, 0.1) is 22.5 Å². The largest absolute Gasteiger partial charge is 0.316 e. The molecule has 368 valence electrons. The quantitative estimate of drug-likeness (QED) is 0.0615. The van der Waals surface area contributed by atoms with E-state index in [0.29, 0.717) is 0 Å². The summed E-state index contributed by atoms with van der Waals surface area (Å²) in [6.45, 7) is 14.8. The summed E-state index contributed by atoms with van der Waals surface area (Å²) in [5, 5.41) is 4.98. The Morgan fingerprint density at radius 1 is 0.627 bits per heavy atom. The smallest absolute Gasteiger partial charge is 0.0707 e. The molecule has 8 aromatic carbocycles. The number of rotatable bonds is 9. The van der Waals surface area contributed by atoms with Gasteiger partial charge in [-0.05, 0) is 179 Å². The zero-order valence-corrected chi connectivity index (χ0v) is 45.2. The van der Waals surface area contributed by atoms with Crippen LogP contribution in [0.5, 0.6) is 0 Å². The van der Waals surface area contributed by atoms with E-state index in [2.05, 4.69) is 262 Å². The lowest BCUT2D eigenvalue weighted by molar-refractivity contribution is 0.750. The highest BCUT2D eigenvalue weighted by Crippen LogP contribution is 2.57. The molecular weight excluding hydrogens is 945 g/mol. The van der Waals surface area contributed by atoms with Gasteiger partial charge in [-0.25, -0.2) is 0 Å². The van der Waals surface area contributed by atoms with Crippen molar-refractivity contribution in [2.45, 2.75) is 74.0 Å². The first kappa shape index (κ1) is 50.6. The second-order valence-electron chi connectivity index (χ2n) is 18.8. The Bertz CT molecular complexity index is 3700. The molecule has 1 atom stereocenters. The van der Waals surface area contributed by atoms with Crippen molar-refractivity contribution in [3.63, 3.8) is 0 Å².